The van der Waals surface area contributed by atoms with E-state index in [0.717, 1.165) is 28.5 Å². The maximum atomic E-state index is 5.15. The molecule has 2 nitrogen and oxygen atoms in total. The second kappa shape index (κ2) is 13.3. The molecule has 1 heterocycles. The van der Waals surface area contributed by atoms with E-state index in [2.05, 4.69) is 205 Å². The van der Waals surface area contributed by atoms with Crippen LogP contribution in [0, 0.1) is 0 Å². The molecule has 0 spiro atoms. The maximum Gasteiger partial charge on any atom is 0.138 e. The Morgan fingerprint density at radius 3 is 1.37 bits per heavy atom. The van der Waals surface area contributed by atoms with Gasteiger partial charge in [-0.2, -0.15) is 0 Å². The molecule has 0 fully saturated rings. The molecule has 0 amide bonds. The van der Waals surface area contributed by atoms with E-state index in [9.17, 15) is 0 Å². The molecule has 51 heavy (non-hydrogen) atoms. The molecule has 0 atom stereocenters. The van der Waals surface area contributed by atoms with Crippen molar-refractivity contribution in [1.29, 1.82) is 0 Å². The minimum atomic E-state index is 0.868. The standard InChI is InChI=1S/C49H34N2/c1-4-17-35(18-5-1)40-23-10-11-24-41(40)49-44-27-14-12-25-42(44)48(43-26-13-15-28-45(43)49)37-31-33-39(34-32-37)51(38-21-8-3-9-22-38)47-30-16-29-46(50-47)36-19-6-2-7-20-36/h1-34H. The molecule has 0 saturated heterocycles. The maximum absolute atomic E-state index is 5.15. The molecule has 0 aliphatic rings. The third-order valence-electron chi connectivity index (χ3n) is 9.67. The van der Waals surface area contributed by atoms with Crippen LogP contribution in [0.2, 0.25) is 0 Å². The summed E-state index contributed by atoms with van der Waals surface area (Å²) >= 11 is 0. The van der Waals surface area contributed by atoms with Crippen molar-refractivity contribution in [3.8, 4) is 44.6 Å². The first kappa shape index (κ1) is 30.3. The van der Waals surface area contributed by atoms with Crippen molar-refractivity contribution < 1.29 is 0 Å². The fraction of sp³-hybridized carbons (Fsp3) is 0. The number of rotatable bonds is 7. The molecule has 8 aromatic carbocycles. The van der Waals surface area contributed by atoms with E-state index in [4.69, 9.17) is 4.98 Å². The molecular weight excluding hydrogens is 617 g/mol. The van der Waals surface area contributed by atoms with Crippen LogP contribution in [0.15, 0.2) is 206 Å². The minimum Gasteiger partial charge on any atom is -0.295 e. The molecule has 0 unspecified atom stereocenters. The van der Waals surface area contributed by atoms with E-state index in [0.29, 0.717) is 0 Å². The summed E-state index contributed by atoms with van der Waals surface area (Å²) in [5.41, 5.74) is 11.5. The van der Waals surface area contributed by atoms with Gasteiger partial charge in [0.2, 0.25) is 0 Å². The van der Waals surface area contributed by atoms with Gasteiger partial charge in [0.15, 0.2) is 0 Å². The van der Waals surface area contributed by atoms with Crippen molar-refractivity contribution in [3.05, 3.63) is 206 Å². The number of nitrogens with zero attached hydrogens (tertiary/aromatic N) is 2. The Hall–Kier alpha value is -6.77. The van der Waals surface area contributed by atoms with E-state index >= 15 is 0 Å². The predicted molar refractivity (Wildman–Crippen MR) is 216 cm³/mol. The SMILES string of the molecule is c1ccc(-c2cccc(N(c3ccccc3)c3ccc(-c4c5ccccc5c(-c5ccccc5-c5ccccc5)c5ccccc45)cc3)n2)cc1. The summed E-state index contributed by atoms with van der Waals surface area (Å²) in [5.74, 6) is 0.868. The average molecular weight is 651 g/mol. The molecule has 9 aromatic rings. The van der Waals surface area contributed by atoms with Crippen LogP contribution in [0.3, 0.4) is 0 Å². The number of hydrogen-bond acceptors (Lipinski definition) is 2. The number of pyridine rings is 1. The molecule has 9 rings (SSSR count). The molecule has 1 aromatic heterocycles. The van der Waals surface area contributed by atoms with Crippen molar-refractivity contribution in [2.45, 2.75) is 0 Å². The fourth-order valence-electron chi connectivity index (χ4n) is 7.39. The Morgan fingerprint density at radius 2 is 0.765 bits per heavy atom. The third kappa shape index (κ3) is 5.63. The zero-order valence-electron chi connectivity index (χ0n) is 28.0. The van der Waals surface area contributed by atoms with Gasteiger partial charge in [-0.3, -0.25) is 4.90 Å². The van der Waals surface area contributed by atoms with Gasteiger partial charge < -0.3 is 0 Å². The second-order valence-electron chi connectivity index (χ2n) is 12.7. The van der Waals surface area contributed by atoms with Crippen molar-refractivity contribution in [2.75, 3.05) is 4.90 Å². The summed E-state index contributed by atoms with van der Waals surface area (Å²) in [5, 5.41) is 4.95. The van der Waals surface area contributed by atoms with Crippen molar-refractivity contribution in [2.24, 2.45) is 0 Å². The van der Waals surface area contributed by atoms with Crippen LogP contribution in [0.1, 0.15) is 0 Å². The number of anilines is 3. The summed E-state index contributed by atoms with van der Waals surface area (Å²) in [6, 6.07) is 73.3. The van der Waals surface area contributed by atoms with Crippen LogP contribution in [0.25, 0.3) is 66.2 Å². The summed E-state index contributed by atoms with van der Waals surface area (Å²) in [4.78, 5) is 7.38. The van der Waals surface area contributed by atoms with Gasteiger partial charge in [0.1, 0.15) is 5.82 Å². The Balaban J connectivity index is 1.21. The zero-order chi connectivity index (χ0) is 34.0. The summed E-state index contributed by atoms with van der Waals surface area (Å²) in [7, 11) is 0. The smallest absolute Gasteiger partial charge is 0.138 e. The van der Waals surface area contributed by atoms with Crippen LogP contribution >= 0.6 is 0 Å². The molecule has 0 aliphatic carbocycles. The zero-order valence-corrected chi connectivity index (χ0v) is 28.0. The third-order valence-corrected chi connectivity index (χ3v) is 9.67. The number of para-hydroxylation sites is 1. The molecule has 0 radical (unpaired) electrons. The lowest BCUT2D eigenvalue weighted by molar-refractivity contribution is 1.18. The Labute approximate surface area is 298 Å². The largest absolute Gasteiger partial charge is 0.295 e. The van der Waals surface area contributed by atoms with Crippen molar-refractivity contribution >= 4 is 38.7 Å². The van der Waals surface area contributed by atoms with Gasteiger partial charge in [0, 0.05) is 16.9 Å². The summed E-state index contributed by atoms with van der Waals surface area (Å²) < 4.78 is 0. The van der Waals surface area contributed by atoms with Gasteiger partial charge in [-0.15, -0.1) is 0 Å². The quantitative estimate of drug-likeness (QED) is 0.160. The first-order valence-electron chi connectivity index (χ1n) is 17.4. The average Bonchev–Trinajstić information content (AvgIpc) is 3.21. The van der Waals surface area contributed by atoms with Gasteiger partial charge in [-0.05, 0) is 91.3 Å². The first-order valence-corrected chi connectivity index (χ1v) is 17.4. The lowest BCUT2D eigenvalue weighted by Gasteiger charge is -2.25. The van der Waals surface area contributed by atoms with Crippen molar-refractivity contribution in [3.63, 3.8) is 0 Å². The van der Waals surface area contributed by atoms with Gasteiger partial charge in [-0.1, -0.05) is 170 Å². The van der Waals surface area contributed by atoms with E-state index in [1.54, 1.807) is 0 Å². The van der Waals surface area contributed by atoms with E-state index in [1.807, 2.05) is 6.07 Å². The highest BCUT2D eigenvalue weighted by atomic mass is 15.2. The van der Waals surface area contributed by atoms with E-state index in [1.165, 1.54) is 54.9 Å². The number of fused-ring (bicyclic) bond motifs is 2. The molecule has 0 aliphatic heterocycles. The topological polar surface area (TPSA) is 16.1 Å². The monoisotopic (exact) mass is 650 g/mol. The highest BCUT2D eigenvalue weighted by molar-refractivity contribution is 6.22. The number of hydrogen-bond donors (Lipinski definition) is 0. The molecular formula is C49H34N2. The minimum absolute atomic E-state index is 0.868. The van der Waals surface area contributed by atoms with Gasteiger partial charge >= 0.3 is 0 Å². The summed E-state index contributed by atoms with van der Waals surface area (Å²) in [6.07, 6.45) is 0. The normalized spacial score (nSPS) is 11.1. The molecule has 0 bridgehead atoms. The lowest BCUT2D eigenvalue weighted by atomic mass is 9.84. The Kier molecular flexibility index (Phi) is 7.88. The second-order valence-corrected chi connectivity index (χ2v) is 12.7. The lowest BCUT2D eigenvalue weighted by Crippen LogP contribution is -2.11. The van der Waals surface area contributed by atoms with Gasteiger partial charge in [0.05, 0.1) is 5.69 Å². The van der Waals surface area contributed by atoms with Gasteiger partial charge in [0.25, 0.3) is 0 Å². The highest BCUT2D eigenvalue weighted by Crippen LogP contribution is 2.46. The van der Waals surface area contributed by atoms with Crippen LogP contribution in [0.5, 0.6) is 0 Å². The number of aromatic nitrogens is 1. The predicted octanol–water partition coefficient (Wildman–Crippen LogP) is 13.5. The van der Waals surface area contributed by atoms with E-state index < -0.39 is 0 Å². The molecule has 0 N–H and O–H groups in total. The molecule has 0 saturated carbocycles. The van der Waals surface area contributed by atoms with Crippen molar-refractivity contribution in [1.82, 2.24) is 4.98 Å². The van der Waals surface area contributed by atoms with E-state index in [-0.39, 0.29) is 0 Å². The first-order chi connectivity index (χ1) is 25.3. The highest BCUT2D eigenvalue weighted by Gasteiger charge is 2.20. The molecule has 2 heteroatoms. The molecule has 240 valence electrons. The fourth-order valence-corrected chi connectivity index (χ4v) is 7.39. The van der Waals surface area contributed by atoms with Gasteiger partial charge in [-0.25, -0.2) is 4.98 Å². The van der Waals surface area contributed by atoms with Crippen LogP contribution in [0.4, 0.5) is 17.2 Å². The summed E-state index contributed by atoms with van der Waals surface area (Å²) in [6.45, 7) is 0. The number of benzene rings is 8. The van der Waals surface area contributed by atoms with Crippen LogP contribution in [-0.4, -0.2) is 4.98 Å². The Bertz CT molecular complexity index is 2560. The van der Waals surface area contributed by atoms with Crippen LogP contribution < -0.4 is 4.90 Å². The van der Waals surface area contributed by atoms with Crippen LogP contribution in [-0.2, 0) is 0 Å². The Morgan fingerprint density at radius 1 is 0.294 bits per heavy atom.